The Bertz CT molecular complexity index is 430. The Kier molecular flexibility index (Phi) is 3.97. The molecule has 0 amide bonds. The molecule has 0 aromatic carbocycles. The Morgan fingerprint density at radius 2 is 1.84 bits per heavy atom. The number of rotatable bonds is 3. The van der Waals surface area contributed by atoms with E-state index in [1.807, 2.05) is 13.1 Å². The largest absolute Gasteiger partial charge is 0.373 e. The van der Waals surface area contributed by atoms with Gasteiger partial charge in [0.05, 0.1) is 0 Å². The summed E-state index contributed by atoms with van der Waals surface area (Å²) in [5.74, 6) is 2.84. The molecule has 1 aliphatic rings. The van der Waals surface area contributed by atoms with Gasteiger partial charge in [0, 0.05) is 31.6 Å². The first-order valence-electron chi connectivity index (χ1n) is 7.22. The number of anilines is 2. The van der Waals surface area contributed by atoms with E-state index in [4.69, 9.17) is 4.98 Å². The van der Waals surface area contributed by atoms with E-state index in [2.05, 4.69) is 43.0 Å². The predicted octanol–water partition coefficient (Wildman–Crippen LogP) is 3.19. The molecule has 0 aliphatic heterocycles. The lowest BCUT2D eigenvalue weighted by atomic mass is 9.96. The smallest absolute Gasteiger partial charge is 0.138 e. The minimum absolute atomic E-state index is 0.0296. The normalized spacial score (nSPS) is 16.7. The first kappa shape index (κ1) is 14.1. The standard InChI is InChI=1S/C15H26N4/c1-15(2,3)14-17-12(16-4)10-13(18-14)19(5)11-8-6-7-9-11/h10-11H,6-9H2,1-5H3,(H,16,17,18). The van der Waals surface area contributed by atoms with Gasteiger partial charge in [-0.25, -0.2) is 9.97 Å². The van der Waals surface area contributed by atoms with Gasteiger partial charge >= 0.3 is 0 Å². The van der Waals surface area contributed by atoms with Gasteiger partial charge < -0.3 is 10.2 Å². The number of nitrogens with one attached hydrogen (secondary N) is 1. The lowest BCUT2D eigenvalue weighted by molar-refractivity contribution is 0.542. The van der Waals surface area contributed by atoms with Gasteiger partial charge in [-0.3, -0.25) is 0 Å². The third kappa shape index (κ3) is 3.17. The zero-order valence-corrected chi connectivity index (χ0v) is 12.8. The predicted molar refractivity (Wildman–Crippen MR) is 80.9 cm³/mol. The van der Waals surface area contributed by atoms with Crippen LogP contribution in [-0.2, 0) is 5.41 Å². The average Bonchev–Trinajstić information content (AvgIpc) is 2.90. The van der Waals surface area contributed by atoms with Crippen molar-refractivity contribution >= 4 is 11.6 Å². The minimum Gasteiger partial charge on any atom is -0.373 e. The maximum absolute atomic E-state index is 4.77. The minimum atomic E-state index is -0.0296. The van der Waals surface area contributed by atoms with Gasteiger partial charge in [0.2, 0.25) is 0 Å². The van der Waals surface area contributed by atoms with Gasteiger partial charge in [-0.1, -0.05) is 33.6 Å². The molecule has 1 saturated carbocycles. The monoisotopic (exact) mass is 262 g/mol. The zero-order valence-electron chi connectivity index (χ0n) is 12.8. The van der Waals surface area contributed by atoms with Gasteiger partial charge in [-0.15, -0.1) is 0 Å². The van der Waals surface area contributed by atoms with Gasteiger partial charge in [0.1, 0.15) is 17.5 Å². The van der Waals surface area contributed by atoms with Crippen LogP contribution in [0.5, 0.6) is 0 Å². The number of hydrogen-bond acceptors (Lipinski definition) is 4. The van der Waals surface area contributed by atoms with Crippen LogP contribution in [0.4, 0.5) is 11.6 Å². The Morgan fingerprint density at radius 3 is 2.37 bits per heavy atom. The Labute approximate surface area is 116 Å². The second-order valence-corrected chi connectivity index (χ2v) is 6.48. The van der Waals surface area contributed by atoms with Crippen LogP contribution in [-0.4, -0.2) is 30.1 Å². The van der Waals surface area contributed by atoms with E-state index in [0.717, 1.165) is 17.5 Å². The van der Waals surface area contributed by atoms with Gasteiger partial charge in [-0.2, -0.15) is 0 Å². The van der Waals surface area contributed by atoms with Crippen LogP contribution in [0.1, 0.15) is 52.3 Å². The highest BCUT2D eigenvalue weighted by Crippen LogP contribution is 2.28. The summed E-state index contributed by atoms with van der Waals surface area (Å²) in [6, 6.07) is 2.68. The topological polar surface area (TPSA) is 41.0 Å². The van der Waals surface area contributed by atoms with Crippen LogP contribution in [0.15, 0.2) is 6.07 Å². The summed E-state index contributed by atoms with van der Waals surface area (Å²) in [4.78, 5) is 11.7. The van der Waals surface area contributed by atoms with Crippen molar-refractivity contribution in [2.45, 2.75) is 57.9 Å². The highest BCUT2D eigenvalue weighted by atomic mass is 15.2. The zero-order chi connectivity index (χ0) is 14.0. The van der Waals surface area contributed by atoms with Crippen molar-refractivity contribution < 1.29 is 0 Å². The molecule has 106 valence electrons. The van der Waals surface area contributed by atoms with Crippen LogP contribution >= 0.6 is 0 Å². The van der Waals surface area contributed by atoms with E-state index in [9.17, 15) is 0 Å². The summed E-state index contributed by atoms with van der Waals surface area (Å²) in [6.07, 6.45) is 5.23. The van der Waals surface area contributed by atoms with Gasteiger partial charge in [-0.05, 0) is 12.8 Å². The van der Waals surface area contributed by atoms with Crippen LogP contribution in [0.3, 0.4) is 0 Å². The second kappa shape index (κ2) is 5.35. The molecule has 1 N–H and O–H groups in total. The molecule has 4 nitrogen and oxygen atoms in total. The molecular formula is C15H26N4. The van der Waals surface area contributed by atoms with Crippen molar-refractivity contribution in [3.8, 4) is 0 Å². The maximum atomic E-state index is 4.77. The fraction of sp³-hybridized carbons (Fsp3) is 0.733. The van der Waals surface area contributed by atoms with E-state index in [-0.39, 0.29) is 5.41 Å². The quantitative estimate of drug-likeness (QED) is 0.908. The number of aromatic nitrogens is 2. The Morgan fingerprint density at radius 1 is 1.21 bits per heavy atom. The molecule has 1 aromatic rings. The van der Waals surface area contributed by atoms with Crippen LogP contribution in [0, 0.1) is 0 Å². The second-order valence-electron chi connectivity index (χ2n) is 6.48. The Hall–Kier alpha value is -1.32. The summed E-state index contributed by atoms with van der Waals surface area (Å²) in [7, 11) is 4.07. The van der Waals surface area contributed by atoms with Crippen molar-refractivity contribution in [1.82, 2.24) is 9.97 Å². The highest BCUT2D eigenvalue weighted by Gasteiger charge is 2.24. The summed E-state index contributed by atoms with van der Waals surface area (Å²) >= 11 is 0. The van der Waals surface area contributed by atoms with Crippen LogP contribution in [0.25, 0.3) is 0 Å². The van der Waals surface area contributed by atoms with Crippen LogP contribution < -0.4 is 10.2 Å². The summed E-state index contributed by atoms with van der Waals surface area (Å²) in [5.41, 5.74) is -0.0296. The van der Waals surface area contributed by atoms with Crippen molar-refractivity contribution in [1.29, 1.82) is 0 Å². The summed E-state index contributed by atoms with van der Waals surface area (Å²) < 4.78 is 0. The van der Waals surface area contributed by atoms with Crippen molar-refractivity contribution in [3.63, 3.8) is 0 Å². The maximum Gasteiger partial charge on any atom is 0.138 e. The van der Waals surface area contributed by atoms with E-state index in [1.165, 1.54) is 25.7 Å². The average molecular weight is 262 g/mol. The molecule has 1 aromatic heterocycles. The molecule has 1 fully saturated rings. The molecular weight excluding hydrogens is 236 g/mol. The fourth-order valence-electron chi connectivity index (χ4n) is 2.56. The molecule has 2 rings (SSSR count). The lowest BCUT2D eigenvalue weighted by Gasteiger charge is -2.27. The first-order chi connectivity index (χ1) is 8.91. The lowest BCUT2D eigenvalue weighted by Crippen LogP contribution is -2.31. The Balaban J connectivity index is 2.33. The summed E-state index contributed by atoms with van der Waals surface area (Å²) in [6.45, 7) is 6.46. The first-order valence-corrected chi connectivity index (χ1v) is 7.22. The molecule has 19 heavy (non-hydrogen) atoms. The highest BCUT2D eigenvalue weighted by molar-refractivity contribution is 5.50. The summed E-state index contributed by atoms with van der Waals surface area (Å²) in [5, 5.41) is 3.15. The third-order valence-electron chi connectivity index (χ3n) is 3.87. The number of nitrogens with zero attached hydrogens (tertiary/aromatic N) is 3. The van der Waals surface area contributed by atoms with E-state index in [0.29, 0.717) is 6.04 Å². The molecule has 1 heterocycles. The third-order valence-corrected chi connectivity index (χ3v) is 3.87. The molecule has 0 atom stereocenters. The molecule has 0 saturated heterocycles. The van der Waals surface area contributed by atoms with Crippen molar-refractivity contribution in [2.75, 3.05) is 24.3 Å². The molecule has 0 radical (unpaired) electrons. The molecule has 0 bridgehead atoms. The molecule has 1 aliphatic carbocycles. The van der Waals surface area contributed by atoms with Gasteiger partial charge in [0.25, 0.3) is 0 Å². The van der Waals surface area contributed by atoms with E-state index < -0.39 is 0 Å². The molecule has 0 spiro atoms. The van der Waals surface area contributed by atoms with E-state index >= 15 is 0 Å². The van der Waals surface area contributed by atoms with Crippen molar-refractivity contribution in [2.24, 2.45) is 0 Å². The van der Waals surface area contributed by atoms with Crippen LogP contribution in [0.2, 0.25) is 0 Å². The molecule has 0 unspecified atom stereocenters. The van der Waals surface area contributed by atoms with Gasteiger partial charge in [0.15, 0.2) is 0 Å². The fourth-order valence-corrected chi connectivity index (χ4v) is 2.56. The SMILES string of the molecule is CNc1cc(N(C)C2CCCC2)nc(C(C)(C)C)n1. The number of hydrogen-bond donors (Lipinski definition) is 1. The van der Waals surface area contributed by atoms with Crippen molar-refractivity contribution in [3.05, 3.63) is 11.9 Å². The van der Waals surface area contributed by atoms with E-state index in [1.54, 1.807) is 0 Å². The molecule has 4 heteroatoms.